The van der Waals surface area contributed by atoms with Crippen LogP contribution in [0, 0.1) is 0 Å². The van der Waals surface area contributed by atoms with Crippen molar-refractivity contribution >= 4 is 44.3 Å². The summed E-state index contributed by atoms with van der Waals surface area (Å²) in [6.07, 6.45) is 1.90. The maximum absolute atomic E-state index is 10.8. The van der Waals surface area contributed by atoms with E-state index in [0.717, 1.165) is 64.5 Å². The Labute approximate surface area is 217 Å². The third kappa shape index (κ3) is 14.9. The standard InChI is InChI=1S/C12H31NO6Si2.C8H12O6Si/c1-14-20(15-2,16-3)11-7-9-13-10-8-12-21(17-4,18-5)19-6;1-5-15(12-6(2)9,13-7(3)10)14-8(4)11/h13H,7-12H2,1-6H3;5H,1H2,2-4H3. The van der Waals surface area contributed by atoms with E-state index >= 15 is 0 Å². The van der Waals surface area contributed by atoms with Gasteiger partial charge in [0.1, 0.15) is 0 Å². The Morgan fingerprint density at radius 1 is 0.639 bits per heavy atom. The monoisotopic (exact) mass is 573 g/mol. The van der Waals surface area contributed by atoms with Crippen molar-refractivity contribution in [3.8, 4) is 0 Å². The Balaban J connectivity index is 0. The fraction of sp³-hybridized carbons (Fsp3) is 0.750. The minimum Gasteiger partial charge on any atom is -0.452 e. The minimum absolute atomic E-state index is 0.718. The van der Waals surface area contributed by atoms with Crippen molar-refractivity contribution in [1.82, 2.24) is 5.32 Å². The molecule has 36 heavy (non-hydrogen) atoms. The summed E-state index contributed by atoms with van der Waals surface area (Å²) >= 11 is 0. The van der Waals surface area contributed by atoms with Crippen molar-refractivity contribution in [3.05, 3.63) is 12.3 Å². The van der Waals surface area contributed by atoms with Crippen LogP contribution >= 0.6 is 0 Å². The average molecular weight is 574 g/mol. The van der Waals surface area contributed by atoms with Crippen LogP contribution in [-0.4, -0.2) is 100 Å². The summed E-state index contributed by atoms with van der Waals surface area (Å²) in [7, 11) is 1.22. The fourth-order valence-electron chi connectivity index (χ4n) is 2.89. The first-order chi connectivity index (χ1) is 16.9. The van der Waals surface area contributed by atoms with Crippen molar-refractivity contribution < 1.29 is 54.2 Å². The van der Waals surface area contributed by atoms with Crippen LogP contribution in [0.3, 0.4) is 0 Å². The van der Waals surface area contributed by atoms with Gasteiger partial charge in [0.15, 0.2) is 0 Å². The molecule has 0 unspecified atom stereocenters. The van der Waals surface area contributed by atoms with Crippen LogP contribution in [0.25, 0.3) is 0 Å². The van der Waals surface area contributed by atoms with Gasteiger partial charge >= 0.3 is 26.4 Å². The van der Waals surface area contributed by atoms with Crippen LogP contribution in [0.4, 0.5) is 0 Å². The van der Waals surface area contributed by atoms with E-state index in [0.29, 0.717) is 0 Å². The maximum atomic E-state index is 10.8. The molecule has 0 spiro atoms. The van der Waals surface area contributed by atoms with Crippen LogP contribution in [-0.2, 0) is 54.2 Å². The first kappa shape index (κ1) is 36.7. The summed E-state index contributed by atoms with van der Waals surface area (Å²) in [4.78, 5) is 32.3. The first-order valence-electron chi connectivity index (χ1n) is 11.1. The van der Waals surface area contributed by atoms with Gasteiger partial charge in [0.25, 0.3) is 17.9 Å². The number of rotatable bonds is 18. The number of carbonyl (C=O) groups excluding carboxylic acids is 3. The van der Waals surface area contributed by atoms with Gasteiger partial charge in [-0.25, -0.2) is 0 Å². The van der Waals surface area contributed by atoms with Crippen LogP contribution < -0.4 is 5.32 Å². The maximum Gasteiger partial charge on any atom is 0.734 e. The minimum atomic E-state index is -3.74. The Morgan fingerprint density at radius 3 is 1.11 bits per heavy atom. The van der Waals surface area contributed by atoms with Crippen molar-refractivity contribution in [2.75, 3.05) is 55.7 Å². The summed E-state index contributed by atoms with van der Waals surface area (Å²) in [6.45, 7) is 8.44. The van der Waals surface area contributed by atoms with Crippen molar-refractivity contribution in [2.45, 2.75) is 45.7 Å². The molecule has 0 saturated carbocycles. The molecule has 212 valence electrons. The summed E-state index contributed by atoms with van der Waals surface area (Å²) < 4.78 is 46.4. The topological polar surface area (TPSA) is 146 Å². The van der Waals surface area contributed by atoms with E-state index in [1.807, 2.05) is 0 Å². The lowest BCUT2D eigenvalue weighted by atomic mass is 10.4. The molecule has 0 aliphatic carbocycles. The third-order valence-electron chi connectivity index (χ3n) is 4.65. The predicted molar refractivity (Wildman–Crippen MR) is 137 cm³/mol. The van der Waals surface area contributed by atoms with Gasteiger partial charge < -0.3 is 45.2 Å². The average Bonchev–Trinajstić information content (AvgIpc) is 2.83. The molecule has 1 N–H and O–H groups in total. The van der Waals surface area contributed by atoms with E-state index in [2.05, 4.69) is 11.9 Å². The van der Waals surface area contributed by atoms with Crippen LogP contribution in [0.1, 0.15) is 33.6 Å². The van der Waals surface area contributed by atoms with Gasteiger partial charge in [-0.15, -0.1) is 0 Å². The van der Waals surface area contributed by atoms with E-state index in [-0.39, 0.29) is 0 Å². The molecule has 0 aliphatic heterocycles. The molecule has 16 heteroatoms. The molecule has 0 radical (unpaired) electrons. The molecule has 0 atom stereocenters. The van der Waals surface area contributed by atoms with E-state index in [4.69, 9.17) is 39.8 Å². The van der Waals surface area contributed by atoms with Crippen LogP contribution in [0.2, 0.25) is 12.1 Å². The fourth-order valence-corrected chi connectivity index (χ4v) is 7.91. The smallest absolute Gasteiger partial charge is 0.452 e. The third-order valence-corrected chi connectivity index (χ3v) is 12.5. The summed E-state index contributed by atoms with van der Waals surface area (Å²) in [5, 5.41) is 3.39. The Morgan fingerprint density at radius 2 is 0.917 bits per heavy atom. The van der Waals surface area contributed by atoms with E-state index in [1.54, 1.807) is 42.7 Å². The summed E-state index contributed by atoms with van der Waals surface area (Å²) in [5.41, 5.74) is 1.04. The predicted octanol–water partition coefficient (Wildman–Crippen LogP) is 1.45. The molecule has 0 amide bonds. The Hall–Kier alpha value is -1.48. The Bertz CT molecular complexity index is 579. The lowest BCUT2D eigenvalue weighted by molar-refractivity contribution is -0.146. The second kappa shape index (κ2) is 19.6. The lowest BCUT2D eigenvalue weighted by Gasteiger charge is -2.25. The Kier molecular flexibility index (Phi) is 20.0. The van der Waals surface area contributed by atoms with Crippen molar-refractivity contribution in [1.29, 1.82) is 0 Å². The second-order valence-corrected chi connectivity index (χ2v) is 15.5. The molecule has 0 aliphatic rings. The zero-order chi connectivity index (χ0) is 28.3. The molecule has 13 nitrogen and oxygen atoms in total. The van der Waals surface area contributed by atoms with Gasteiger partial charge in [-0.2, -0.15) is 0 Å². The molecule has 0 aromatic carbocycles. The second-order valence-electron chi connectivity index (χ2n) is 7.14. The lowest BCUT2D eigenvalue weighted by Crippen LogP contribution is -2.47. The highest BCUT2D eigenvalue weighted by Crippen LogP contribution is 2.16. The number of nitrogens with one attached hydrogen (secondary N) is 1. The highest BCUT2D eigenvalue weighted by Gasteiger charge is 2.48. The molecule has 0 aromatic rings. The molecule has 0 fully saturated rings. The SMILES string of the molecule is C=C[Si](OC(C)=O)(OC(C)=O)OC(C)=O.CO[Si](CCCNCCC[Si](OC)(OC)OC)(OC)OC. The summed E-state index contributed by atoms with van der Waals surface area (Å²) in [5.74, 6) is -2.16. The molecule has 0 aromatic heterocycles. The van der Waals surface area contributed by atoms with Crippen LogP contribution in [0.5, 0.6) is 0 Å². The van der Waals surface area contributed by atoms with E-state index in [1.165, 1.54) is 0 Å². The number of hydrogen-bond acceptors (Lipinski definition) is 13. The van der Waals surface area contributed by atoms with Crippen molar-refractivity contribution in [2.24, 2.45) is 0 Å². The molecule has 0 heterocycles. The van der Waals surface area contributed by atoms with Gasteiger partial charge in [0.2, 0.25) is 0 Å². The number of carbonyl (C=O) groups is 3. The van der Waals surface area contributed by atoms with Gasteiger partial charge in [-0.3, -0.25) is 14.4 Å². The zero-order valence-electron chi connectivity index (χ0n) is 22.9. The normalized spacial score (nSPS) is 11.7. The molecular weight excluding hydrogens is 530 g/mol. The highest BCUT2D eigenvalue weighted by atomic mass is 28.4. The van der Waals surface area contributed by atoms with Gasteiger partial charge in [-0.05, 0) is 25.9 Å². The molecule has 0 saturated heterocycles. The first-order valence-corrected chi connectivity index (χ1v) is 16.8. The van der Waals surface area contributed by atoms with Crippen LogP contribution in [0.15, 0.2) is 12.3 Å². The molecule has 0 rings (SSSR count). The van der Waals surface area contributed by atoms with Crippen molar-refractivity contribution in [3.63, 3.8) is 0 Å². The largest absolute Gasteiger partial charge is 0.734 e. The molecular formula is C20H43NO12Si3. The highest BCUT2D eigenvalue weighted by molar-refractivity contribution is 6.70. The van der Waals surface area contributed by atoms with Gasteiger partial charge in [0, 0.05) is 81.2 Å². The zero-order valence-corrected chi connectivity index (χ0v) is 25.9. The number of hydrogen-bond donors (Lipinski definition) is 1. The van der Waals surface area contributed by atoms with E-state index < -0.39 is 44.3 Å². The quantitative estimate of drug-likeness (QED) is 0.187. The van der Waals surface area contributed by atoms with Gasteiger partial charge in [-0.1, -0.05) is 6.58 Å². The van der Waals surface area contributed by atoms with E-state index in [9.17, 15) is 14.4 Å². The summed E-state index contributed by atoms with van der Waals surface area (Å²) in [6, 6.07) is 1.60. The van der Waals surface area contributed by atoms with Gasteiger partial charge in [0.05, 0.1) is 0 Å². The molecule has 0 bridgehead atoms.